The van der Waals surface area contributed by atoms with Crippen molar-refractivity contribution >= 4 is 11.6 Å². The van der Waals surface area contributed by atoms with E-state index in [0.717, 1.165) is 11.1 Å². The van der Waals surface area contributed by atoms with Gasteiger partial charge < -0.3 is 19.7 Å². The van der Waals surface area contributed by atoms with Crippen LogP contribution < -0.4 is 14.8 Å². The van der Waals surface area contributed by atoms with E-state index in [1.165, 1.54) is 6.07 Å². The van der Waals surface area contributed by atoms with Crippen molar-refractivity contribution in [2.45, 2.75) is 12.7 Å². The monoisotopic (exact) mass is 376 g/mol. The predicted molar refractivity (Wildman–Crippen MR) is 102 cm³/mol. The number of amides is 1. The van der Waals surface area contributed by atoms with Crippen molar-refractivity contribution in [3.63, 3.8) is 0 Å². The summed E-state index contributed by atoms with van der Waals surface area (Å²) in [6, 6.07) is 19.5. The zero-order chi connectivity index (χ0) is 19.1. The fourth-order valence-electron chi connectivity index (χ4n) is 3.65. The van der Waals surface area contributed by atoms with Gasteiger partial charge in [-0.2, -0.15) is 0 Å². The van der Waals surface area contributed by atoms with E-state index in [4.69, 9.17) is 9.47 Å². The average Bonchev–Trinajstić information content (AvgIpc) is 3.28. The molecule has 0 spiro atoms. The first kappa shape index (κ1) is 16.6. The maximum absolute atomic E-state index is 14.2. The number of rotatable bonds is 4. The highest BCUT2D eigenvalue weighted by Crippen LogP contribution is 2.38. The van der Waals surface area contributed by atoms with Crippen molar-refractivity contribution in [1.29, 1.82) is 0 Å². The van der Waals surface area contributed by atoms with Crippen LogP contribution in [0.4, 0.5) is 10.1 Å². The van der Waals surface area contributed by atoms with E-state index in [-0.39, 0.29) is 18.5 Å². The lowest BCUT2D eigenvalue weighted by Gasteiger charge is -2.27. The molecule has 28 heavy (non-hydrogen) atoms. The molecule has 5 rings (SSSR count). The molecular formula is C22H17FN2O3. The molecule has 5 nitrogen and oxygen atoms in total. The van der Waals surface area contributed by atoms with Crippen molar-refractivity contribution < 1.29 is 18.7 Å². The van der Waals surface area contributed by atoms with Gasteiger partial charge in [-0.05, 0) is 35.9 Å². The predicted octanol–water partition coefficient (Wildman–Crippen LogP) is 4.32. The average molecular weight is 376 g/mol. The first-order valence-electron chi connectivity index (χ1n) is 9.00. The minimum absolute atomic E-state index is 0.0953. The number of anilines is 1. The number of hydrogen-bond acceptors (Lipinski definition) is 4. The smallest absolute Gasteiger partial charge is 0.256 e. The Hall–Kier alpha value is -3.54. The van der Waals surface area contributed by atoms with E-state index in [9.17, 15) is 9.18 Å². The molecule has 0 aromatic heterocycles. The third-order valence-corrected chi connectivity index (χ3v) is 5.01. The minimum atomic E-state index is -0.467. The summed E-state index contributed by atoms with van der Waals surface area (Å²) in [7, 11) is 0. The van der Waals surface area contributed by atoms with Crippen LogP contribution in [0.5, 0.6) is 11.5 Å². The van der Waals surface area contributed by atoms with Gasteiger partial charge in [-0.15, -0.1) is 0 Å². The topological polar surface area (TPSA) is 50.8 Å². The second-order valence-corrected chi connectivity index (χ2v) is 6.73. The van der Waals surface area contributed by atoms with Crippen molar-refractivity contribution in [3.05, 3.63) is 89.2 Å². The molecule has 3 aromatic rings. The number of para-hydroxylation sites is 1. The number of hydrogen-bond donors (Lipinski definition) is 1. The number of carbonyl (C=O) groups excluding carboxylic acids is 1. The molecule has 1 unspecified atom stereocenters. The molecule has 1 atom stereocenters. The van der Waals surface area contributed by atoms with E-state index in [1.54, 1.807) is 29.2 Å². The van der Waals surface area contributed by atoms with Gasteiger partial charge in [0.05, 0.1) is 5.69 Å². The van der Waals surface area contributed by atoms with Gasteiger partial charge in [-0.1, -0.05) is 36.4 Å². The normalized spacial score (nSPS) is 17.0. The van der Waals surface area contributed by atoms with Crippen LogP contribution in [-0.4, -0.2) is 17.6 Å². The first-order chi connectivity index (χ1) is 13.7. The van der Waals surface area contributed by atoms with Gasteiger partial charge >= 0.3 is 0 Å². The quantitative estimate of drug-likeness (QED) is 0.737. The van der Waals surface area contributed by atoms with Gasteiger partial charge in [-0.25, -0.2) is 4.39 Å². The Morgan fingerprint density at radius 3 is 2.68 bits per heavy atom. The highest BCUT2D eigenvalue weighted by Gasteiger charge is 2.37. The Morgan fingerprint density at radius 1 is 1.00 bits per heavy atom. The van der Waals surface area contributed by atoms with E-state index < -0.39 is 6.17 Å². The molecule has 0 fully saturated rings. The number of nitrogens with zero attached hydrogens (tertiary/aromatic N) is 1. The molecule has 6 heteroatoms. The van der Waals surface area contributed by atoms with Crippen LogP contribution in [0, 0.1) is 5.82 Å². The summed E-state index contributed by atoms with van der Waals surface area (Å²) in [6.45, 7) is 0.556. The SMILES string of the molecule is O=C1c2ccccc2C(Nc2ccccc2F)N1Cc1ccc2c(c1)OCO2. The molecule has 0 saturated heterocycles. The third kappa shape index (κ3) is 2.74. The zero-order valence-electron chi connectivity index (χ0n) is 14.9. The maximum Gasteiger partial charge on any atom is 0.256 e. The van der Waals surface area contributed by atoms with Gasteiger partial charge in [0.1, 0.15) is 12.0 Å². The largest absolute Gasteiger partial charge is 0.454 e. The molecule has 0 aliphatic carbocycles. The first-order valence-corrected chi connectivity index (χ1v) is 9.00. The minimum Gasteiger partial charge on any atom is -0.454 e. The lowest BCUT2D eigenvalue weighted by atomic mass is 10.1. The molecule has 3 aromatic carbocycles. The Bertz CT molecular complexity index is 1070. The third-order valence-electron chi connectivity index (χ3n) is 5.01. The summed E-state index contributed by atoms with van der Waals surface area (Å²) < 4.78 is 25.0. The Morgan fingerprint density at radius 2 is 1.79 bits per heavy atom. The second-order valence-electron chi connectivity index (χ2n) is 6.73. The molecule has 0 saturated carbocycles. The van der Waals surface area contributed by atoms with Crippen LogP contribution in [0.2, 0.25) is 0 Å². The number of fused-ring (bicyclic) bond motifs is 2. The van der Waals surface area contributed by atoms with Gasteiger partial charge in [0.15, 0.2) is 11.5 Å². The molecule has 2 aliphatic rings. The number of halogens is 1. The summed E-state index contributed by atoms with van der Waals surface area (Å²) in [6.07, 6.45) is -0.467. The van der Waals surface area contributed by atoms with Gasteiger partial charge in [0.25, 0.3) is 5.91 Å². The van der Waals surface area contributed by atoms with Gasteiger partial charge in [0, 0.05) is 17.7 Å². The number of nitrogens with one attached hydrogen (secondary N) is 1. The molecule has 2 heterocycles. The zero-order valence-corrected chi connectivity index (χ0v) is 14.9. The van der Waals surface area contributed by atoms with Crippen molar-refractivity contribution in [2.75, 3.05) is 12.1 Å². The summed E-state index contributed by atoms with van der Waals surface area (Å²) in [4.78, 5) is 14.8. The number of carbonyl (C=O) groups is 1. The lowest BCUT2D eigenvalue weighted by Crippen LogP contribution is -2.32. The van der Waals surface area contributed by atoms with Crippen LogP contribution in [0.15, 0.2) is 66.7 Å². The molecule has 1 amide bonds. The highest BCUT2D eigenvalue weighted by molar-refractivity contribution is 5.99. The van der Waals surface area contributed by atoms with E-state index >= 15 is 0 Å². The van der Waals surface area contributed by atoms with E-state index in [2.05, 4.69) is 5.32 Å². The van der Waals surface area contributed by atoms with Gasteiger partial charge in [0.2, 0.25) is 6.79 Å². The van der Waals surface area contributed by atoms with Crippen molar-refractivity contribution in [2.24, 2.45) is 0 Å². The molecule has 140 valence electrons. The fourth-order valence-corrected chi connectivity index (χ4v) is 3.65. The molecule has 0 radical (unpaired) electrons. The Labute approximate surface area is 161 Å². The van der Waals surface area contributed by atoms with E-state index in [1.807, 2.05) is 36.4 Å². The second kappa shape index (κ2) is 6.56. The van der Waals surface area contributed by atoms with Crippen LogP contribution in [-0.2, 0) is 6.54 Å². The fraction of sp³-hybridized carbons (Fsp3) is 0.136. The van der Waals surface area contributed by atoms with Crippen LogP contribution in [0.25, 0.3) is 0 Å². The summed E-state index contributed by atoms with van der Waals surface area (Å²) in [5.41, 5.74) is 2.71. The van der Waals surface area contributed by atoms with Crippen LogP contribution in [0.1, 0.15) is 27.7 Å². The van der Waals surface area contributed by atoms with E-state index in [0.29, 0.717) is 29.3 Å². The maximum atomic E-state index is 14.2. The highest BCUT2D eigenvalue weighted by atomic mass is 19.1. The molecule has 2 aliphatic heterocycles. The Balaban J connectivity index is 1.50. The molecular weight excluding hydrogens is 359 g/mol. The lowest BCUT2D eigenvalue weighted by molar-refractivity contribution is 0.0728. The summed E-state index contributed by atoms with van der Waals surface area (Å²) >= 11 is 0. The molecule has 1 N–H and O–H groups in total. The number of ether oxygens (including phenoxy) is 2. The summed E-state index contributed by atoms with van der Waals surface area (Å²) in [5.74, 6) is 0.908. The molecule has 0 bridgehead atoms. The van der Waals surface area contributed by atoms with Gasteiger partial charge in [-0.3, -0.25) is 4.79 Å². The van der Waals surface area contributed by atoms with Crippen LogP contribution in [0.3, 0.4) is 0 Å². The Kier molecular flexibility index (Phi) is 3.90. The van der Waals surface area contributed by atoms with Crippen molar-refractivity contribution in [1.82, 2.24) is 4.90 Å². The number of benzene rings is 3. The standard InChI is InChI=1S/C22H17FN2O3/c23-17-7-3-4-8-18(17)24-21-15-5-1-2-6-16(15)22(26)25(21)12-14-9-10-19-20(11-14)28-13-27-19/h1-11,21,24H,12-13H2. The summed E-state index contributed by atoms with van der Waals surface area (Å²) in [5, 5.41) is 3.19. The van der Waals surface area contributed by atoms with Crippen LogP contribution >= 0.6 is 0 Å². The van der Waals surface area contributed by atoms with Crippen molar-refractivity contribution in [3.8, 4) is 11.5 Å².